The van der Waals surface area contributed by atoms with Gasteiger partial charge < -0.3 is 15.7 Å². The second-order valence-electron chi connectivity index (χ2n) is 8.33. The van der Waals surface area contributed by atoms with Gasteiger partial charge in [-0.3, -0.25) is 14.4 Å². The molecule has 2 amide bonds. The van der Waals surface area contributed by atoms with E-state index >= 15 is 0 Å². The molecule has 0 unspecified atom stereocenters. The van der Waals surface area contributed by atoms with Crippen LogP contribution in [-0.2, 0) is 6.42 Å². The van der Waals surface area contributed by atoms with Crippen LogP contribution in [0.4, 0.5) is 11.4 Å². The average Bonchev–Trinajstić information content (AvgIpc) is 2.90. The minimum atomic E-state index is -1.21. The molecule has 0 aliphatic carbocycles. The van der Waals surface area contributed by atoms with Crippen molar-refractivity contribution in [2.24, 2.45) is 0 Å². The lowest BCUT2D eigenvalue weighted by Gasteiger charge is -2.12. The average molecular weight is 547 g/mol. The van der Waals surface area contributed by atoms with Gasteiger partial charge in [-0.1, -0.05) is 47.5 Å². The van der Waals surface area contributed by atoms with E-state index in [1.807, 2.05) is 0 Å². The zero-order valence-corrected chi connectivity index (χ0v) is 21.2. The van der Waals surface area contributed by atoms with Crippen molar-refractivity contribution in [3.05, 3.63) is 128 Å². The molecule has 190 valence electrons. The maximum absolute atomic E-state index is 12.6. The highest BCUT2D eigenvalue weighted by Gasteiger charge is 2.16. The number of amides is 2. The third-order valence-corrected chi connectivity index (χ3v) is 6.11. The van der Waals surface area contributed by atoms with Gasteiger partial charge in [0.25, 0.3) is 11.8 Å². The minimum absolute atomic E-state index is 0.0844. The van der Waals surface area contributed by atoms with Crippen LogP contribution in [0.1, 0.15) is 52.6 Å². The lowest BCUT2D eigenvalue weighted by atomic mass is 9.99. The van der Waals surface area contributed by atoms with Crippen LogP contribution in [0.3, 0.4) is 0 Å². The summed E-state index contributed by atoms with van der Waals surface area (Å²) in [6.07, 6.45) is 0.945. The van der Waals surface area contributed by atoms with E-state index in [9.17, 15) is 24.3 Å². The topological polar surface area (TPSA) is 113 Å². The summed E-state index contributed by atoms with van der Waals surface area (Å²) in [4.78, 5) is 48.8. The molecule has 0 aliphatic heterocycles. The van der Waals surface area contributed by atoms with Gasteiger partial charge in [0.1, 0.15) is 0 Å². The van der Waals surface area contributed by atoms with Crippen LogP contribution in [0.5, 0.6) is 0 Å². The molecule has 0 aliphatic rings. The van der Waals surface area contributed by atoms with Gasteiger partial charge in [0.15, 0.2) is 6.29 Å². The number of carbonyl (C=O) groups is 4. The van der Waals surface area contributed by atoms with E-state index < -0.39 is 17.8 Å². The third-order valence-electron chi connectivity index (χ3n) is 5.64. The summed E-state index contributed by atoms with van der Waals surface area (Å²) in [6.45, 7) is 0. The Bertz CT molecular complexity index is 1570. The molecule has 38 heavy (non-hydrogen) atoms. The molecule has 0 fully saturated rings. The number of aromatic carboxylic acids is 1. The van der Waals surface area contributed by atoms with Crippen LogP contribution >= 0.6 is 23.2 Å². The highest BCUT2D eigenvalue weighted by Crippen LogP contribution is 2.24. The predicted octanol–water partition coefficient (Wildman–Crippen LogP) is 6.60. The first-order valence-corrected chi connectivity index (χ1v) is 12.1. The Kier molecular flexibility index (Phi) is 8.21. The summed E-state index contributed by atoms with van der Waals surface area (Å²) in [6, 6.07) is 22.4. The molecule has 0 radical (unpaired) electrons. The first kappa shape index (κ1) is 26.6. The van der Waals surface area contributed by atoms with Crippen molar-refractivity contribution in [2.45, 2.75) is 6.42 Å². The number of carboxylic acid groups (broad SMARTS) is 1. The highest BCUT2D eigenvalue weighted by atomic mass is 35.5. The smallest absolute Gasteiger partial charge is 0.337 e. The second kappa shape index (κ2) is 11.7. The van der Waals surface area contributed by atoms with Crippen LogP contribution in [0, 0.1) is 0 Å². The number of nitrogens with one attached hydrogen (secondary N) is 2. The van der Waals surface area contributed by atoms with Crippen molar-refractivity contribution in [3.8, 4) is 0 Å². The molecule has 0 heterocycles. The molecule has 3 N–H and O–H groups in total. The van der Waals surface area contributed by atoms with Crippen LogP contribution in [0.15, 0.2) is 84.9 Å². The van der Waals surface area contributed by atoms with Gasteiger partial charge in [-0.2, -0.15) is 0 Å². The fourth-order valence-corrected chi connectivity index (χ4v) is 4.19. The Morgan fingerprint density at radius 1 is 0.711 bits per heavy atom. The van der Waals surface area contributed by atoms with Crippen LogP contribution in [0.25, 0.3) is 0 Å². The van der Waals surface area contributed by atoms with Gasteiger partial charge in [-0.25, -0.2) is 4.79 Å². The maximum Gasteiger partial charge on any atom is 0.337 e. The van der Waals surface area contributed by atoms with E-state index in [4.69, 9.17) is 23.2 Å². The molecule has 0 saturated carbocycles. The predicted molar refractivity (Wildman–Crippen MR) is 147 cm³/mol. The minimum Gasteiger partial charge on any atom is -0.478 e. The number of carboxylic acids is 1. The zero-order valence-electron chi connectivity index (χ0n) is 19.7. The van der Waals surface area contributed by atoms with E-state index in [0.717, 1.165) is 5.56 Å². The summed E-state index contributed by atoms with van der Waals surface area (Å²) in [5, 5.41) is 15.9. The van der Waals surface area contributed by atoms with Gasteiger partial charge in [0, 0.05) is 26.7 Å². The molecule has 7 nitrogen and oxygen atoms in total. The quantitative estimate of drug-likeness (QED) is 0.215. The number of hydrogen-bond donors (Lipinski definition) is 3. The van der Waals surface area contributed by atoms with Gasteiger partial charge in [0.2, 0.25) is 0 Å². The normalized spacial score (nSPS) is 10.5. The van der Waals surface area contributed by atoms with Gasteiger partial charge in [-0.15, -0.1) is 0 Å². The van der Waals surface area contributed by atoms with Crippen molar-refractivity contribution in [1.82, 2.24) is 0 Å². The summed E-state index contributed by atoms with van der Waals surface area (Å²) in [5.74, 6) is -2.11. The molecule has 9 heteroatoms. The summed E-state index contributed by atoms with van der Waals surface area (Å²) in [5.41, 5.74) is 2.66. The van der Waals surface area contributed by atoms with E-state index in [2.05, 4.69) is 10.6 Å². The van der Waals surface area contributed by atoms with Crippen LogP contribution in [-0.4, -0.2) is 29.2 Å². The first-order chi connectivity index (χ1) is 18.2. The molecule has 4 aromatic rings. The standard InChI is InChI=1S/C29H20Cl2N2O5/c30-22-5-1-3-19(14-22)27(35)32-25-9-7-17(12-21(25)16-34)11-18-8-10-26(24(13-18)29(37)38)33-28(36)20-4-2-6-23(31)15-20/h1-10,12-16H,11H2,(H,32,35)(H,33,36)(H,37,38). The Labute approximate surface area is 228 Å². The lowest BCUT2D eigenvalue weighted by Crippen LogP contribution is -2.15. The van der Waals surface area contributed by atoms with E-state index in [0.29, 0.717) is 45.1 Å². The number of carbonyl (C=O) groups excluding carboxylic acids is 3. The fraction of sp³-hybridized carbons (Fsp3) is 0.0345. The molecule has 0 aromatic heterocycles. The molecule has 4 rings (SSSR count). The lowest BCUT2D eigenvalue weighted by molar-refractivity contribution is 0.0697. The van der Waals surface area contributed by atoms with Crippen molar-refractivity contribution >= 4 is 58.6 Å². The first-order valence-electron chi connectivity index (χ1n) is 11.3. The molecule has 0 atom stereocenters. The monoisotopic (exact) mass is 546 g/mol. The largest absolute Gasteiger partial charge is 0.478 e. The van der Waals surface area contributed by atoms with Gasteiger partial charge in [-0.05, 0) is 78.2 Å². The Morgan fingerprint density at radius 3 is 1.76 bits per heavy atom. The van der Waals surface area contributed by atoms with E-state index in [1.54, 1.807) is 60.7 Å². The molecule has 0 saturated heterocycles. The zero-order chi connectivity index (χ0) is 27.2. The number of halogens is 2. The Balaban J connectivity index is 1.52. The molecule has 4 aromatic carbocycles. The van der Waals surface area contributed by atoms with Crippen molar-refractivity contribution in [2.75, 3.05) is 10.6 Å². The number of anilines is 2. The van der Waals surface area contributed by atoms with Crippen LogP contribution in [0.2, 0.25) is 10.0 Å². The van der Waals surface area contributed by atoms with Crippen molar-refractivity contribution in [3.63, 3.8) is 0 Å². The maximum atomic E-state index is 12.6. The second-order valence-corrected chi connectivity index (χ2v) is 9.20. The summed E-state index contributed by atoms with van der Waals surface area (Å²) >= 11 is 11.9. The molecular weight excluding hydrogens is 527 g/mol. The third kappa shape index (κ3) is 6.45. The number of rotatable bonds is 8. The van der Waals surface area contributed by atoms with Gasteiger partial charge in [0.05, 0.1) is 16.9 Å². The number of benzene rings is 4. The number of hydrogen-bond acceptors (Lipinski definition) is 4. The molecule has 0 spiro atoms. The van der Waals surface area contributed by atoms with Crippen molar-refractivity contribution < 1.29 is 24.3 Å². The Morgan fingerprint density at radius 2 is 1.24 bits per heavy atom. The van der Waals surface area contributed by atoms with E-state index in [1.165, 1.54) is 24.3 Å². The highest BCUT2D eigenvalue weighted by molar-refractivity contribution is 6.31. The fourth-order valence-electron chi connectivity index (χ4n) is 3.80. The molecular formula is C29H20Cl2N2O5. The van der Waals surface area contributed by atoms with Gasteiger partial charge >= 0.3 is 5.97 Å². The summed E-state index contributed by atoms with van der Waals surface area (Å²) < 4.78 is 0. The SMILES string of the molecule is O=Cc1cc(Cc2ccc(NC(=O)c3cccc(Cl)c3)c(C(=O)O)c2)ccc1NC(=O)c1cccc(Cl)c1. The van der Waals surface area contributed by atoms with Crippen molar-refractivity contribution in [1.29, 1.82) is 0 Å². The van der Waals surface area contributed by atoms with E-state index in [-0.39, 0.29) is 16.8 Å². The Hall–Kier alpha value is -4.46. The van der Waals surface area contributed by atoms with Crippen LogP contribution < -0.4 is 10.6 Å². The molecule has 0 bridgehead atoms. The summed E-state index contributed by atoms with van der Waals surface area (Å²) in [7, 11) is 0. The number of aldehydes is 1.